The largest absolute Gasteiger partial charge is 0.389 e. The summed E-state index contributed by atoms with van der Waals surface area (Å²) in [5.41, 5.74) is 2.01. The topological polar surface area (TPSA) is 32.3 Å². The van der Waals surface area contributed by atoms with E-state index in [4.69, 9.17) is 5.11 Å². The molecule has 1 atom stereocenters. The van der Waals surface area contributed by atoms with Crippen molar-refractivity contribution in [3.05, 3.63) is 29.8 Å². The molecule has 0 fully saturated rings. The number of hydrogen-bond acceptors (Lipinski definition) is 2. The number of aliphatic hydroxyl groups excluding tert-OH is 1. The van der Waals surface area contributed by atoms with E-state index in [9.17, 15) is 0 Å². The van der Waals surface area contributed by atoms with Gasteiger partial charge in [-0.3, -0.25) is 0 Å². The second-order valence-corrected chi connectivity index (χ2v) is 2.55. The van der Waals surface area contributed by atoms with Crippen molar-refractivity contribution in [2.24, 2.45) is 0 Å². The van der Waals surface area contributed by atoms with Crippen LogP contribution in [0.25, 0.3) is 0 Å². The lowest BCUT2D eigenvalue weighted by atomic mass is 10.1. The van der Waals surface area contributed by atoms with Gasteiger partial charge in [0.1, 0.15) is 0 Å². The SMILES string of the molecule is CNc1ccc([C@@H](C)O)cc1. The zero-order chi connectivity index (χ0) is 8.27. The van der Waals surface area contributed by atoms with Gasteiger partial charge in [0.15, 0.2) is 0 Å². The van der Waals surface area contributed by atoms with Crippen molar-refractivity contribution in [3.8, 4) is 0 Å². The molecule has 0 aliphatic heterocycles. The fourth-order valence-corrected chi connectivity index (χ4v) is 0.928. The van der Waals surface area contributed by atoms with Gasteiger partial charge in [-0.1, -0.05) is 12.1 Å². The van der Waals surface area contributed by atoms with E-state index in [0.29, 0.717) is 0 Å². The second-order valence-electron chi connectivity index (χ2n) is 2.55. The summed E-state index contributed by atoms with van der Waals surface area (Å²) < 4.78 is 0. The highest BCUT2D eigenvalue weighted by Crippen LogP contribution is 2.14. The number of hydrogen-bond donors (Lipinski definition) is 2. The lowest BCUT2D eigenvalue weighted by Crippen LogP contribution is -1.92. The average molecular weight is 151 g/mol. The highest BCUT2D eigenvalue weighted by molar-refractivity contribution is 5.44. The minimum atomic E-state index is -0.374. The van der Waals surface area contributed by atoms with Crippen LogP contribution < -0.4 is 5.32 Å². The van der Waals surface area contributed by atoms with Gasteiger partial charge >= 0.3 is 0 Å². The molecule has 60 valence electrons. The Labute approximate surface area is 66.9 Å². The molecule has 0 bridgehead atoms. The summed E-state index contributed by atoms with van der Waals surface area (Å²) in [5, 5.41) is 12.2. The van der Waals surface area contributed by atoms with Crippen molar-refractivity contribution in [1.82, 2.24) is 0 Å². The first-order valence-electron chi connectivity index (χ1n) is 3.70. The van der Waals surface area contributed by atoms with Gasteiger partial charge < -0.3 is 10.4 Å². The Morgan fingerprint density at radius 1 is 1.27 bits per heavy atom. The van der Waals surface area contributed by atoms with E-state index in [-0.39, 0.29) is 6.10 Å². The second kappa shape index (κ2) is 3.39. The van der Waals surface area contributed by atoms with Crippen molar-refractivity contribution in [1.29, 1.82) is 0 Å². The van der Waals surface area contributed by atoms with Crippen molar-refractivity contribution >= 4 is 5.69 Å². The normalized spacial score (nSPS) is 12.6. The molecule has 1 aromatic carbocycles. The maximum absolute atomic E-state index is 9.17. The van der Waals surface area contributed by atoms with Crippen LogP contribution in [0.4, 0.5) is 5.69 Å². The fourth-order valence-electron chi connectivity index (χ4n) is 0.928. The van der Waals surface area contributed by atoms with Gasteiger partial charge in [-0.25, -0.2) is 0 Å². The highest BCUT2D eigenvalue weighted by Gasteiger charge is 1.98. The van der Waals surface area contributed by atoms with Crippen LogP contribution in [-0.2, 0) is 0 Å². The summed E-state index contributed by atoms with van der Waals surface area (Å²) in [6.45, 7) is 1.76. The Bertz CT molecular complexity index is 216. The van der Waals surface area contributed by atoms with Crippen LogP contribution in [0.3, 0.4) is 0 Å². The van der Waals surface area contributed by atoms with Gasteiger partial charge in [0.05, 0.1) is 6.10 Å². The number of nitrogens with one attached hydrogen (secondary N) is 1. The number of rotatable bonds is 2. The molecule has 0 aliphatic rings. The fraction of sp³-hybridized carbons (Fsp3) is 0.333. The molecule has 2 nitrogen and oxygen atoms in total. The maximum Gasteiger partial charge on any atom is 0.0761 e. The lowest BCUT2D eigenvalue weighted by molar-refractivity contribution is 0.199. The summed E-state index contributed by atoms with van der Waals surface area (Å²) in [7, 11) is 1.87. The number of benzene rings is 1. The number of aliphatic hydroxyl groups is 1. The Kier molecular flexibility index (Phi) is 2.49. The van der Waals surface area contributed by atoms with Gasteiger partial charge in [0.2, 0.25) is 0 Å². The zero-order valence-electron chi connectivity index (χ0n) is 6.83. The molecule has 0 amide bonds. The third-order valence-corrected chi connectivity index (χ3v) is 1.68. The van der Waals surface area contributed by atoms with E-state index < -0.39 is 0 Å². The third kappa shape index (κ3) is 1.95. The Morgan fingerprint density at radius 2 is 1.82 bits per heavy atom. The molecule has 2 N–H and O–H groups in total. The van der Waals surface area contributed by atoms with Crippen LogP contribution in [0, 0.1) is 0 Å². The first-order valence-corrected chi connectivity index (χ1v) is 3.70. The molecule has 0 aromatic heterocycles. The predicted molar refractivity (Wildman–Crippen MR) is 46.6 cm³/mol. The first kappa shape index (κ1) is 8.08. The van der Waals surface area contributed by atoms with Crippen LogP contribution >= 0.6 is 0 Å². The quantitative estimate of drug-likeness (QED) is 0.675. The summed E-state index contributed by atoms with van der Waals surface area (Å²) >= 11 is 0. The Morgan fingerprint density at radius 3 is 2.18 bits per heavy atom. The molecule has 0 saturated heterocycles. The molecule has 1 aromatic rings. The van der Waals surface area contributed by atoms with Crippen molar-refractivity contribution < 1.29 is 5.11 Å². The van der Waals surface area contributed by atoms with Gasteiger partial charge in [-0.15, -0.1) is 0 Å². The molecule has 0 radical (unpaired) electrons. The van der Waals surface area contributed by atoms with E-state index in [1.807, 2.05) is 31.3 Å². The molecule has 0 spiro atoms. The van der Waals surface area contributed by atoms with Gasteiger partial charge in [-0.05, 0) is 24.6 Å². The molecule has 11 heavy (non-hydrogen) atoms. The van der Waals surface area contributed by atoms with Gasteiger partial charge in [-0.2, -0.15) is 0 Å². The smallest absolute Gasteiger partial charge is 0.0761 e. The summed E-state index contributed by atoms with van der Waals surface area (Å²) in [4.78, 5) is 0. The molecule has 1 rings (SSSR count). The first-order chi connectivity index (χ1) is 5.24. The van der Waals surface area contributed by atoms with E-state index in [1.54, 1.807) is 6.92 Å². The molecule has 0 heterocycles. The van der Waals surface area contributed by atoms with Gasteiger partial charge in [0.25, 0.3) is 0 Å². The third-order valence-electron chi connectivity index (χ3n) is 1.68. The molecule has 0 saturated carbocycles. The number of anilines is 1. The average Bonchev–Trinajstić information content (AvgIpc) is 2.05. The zero-order valence-corrected chi connectivity index (χ0v) is 6.83. The van der Waals surface area contributed by atoms with E-state index >= 15 is 0 Å². The van der Waals surface area contributed by atoms with Crippen molar-refractivity contribution in [2.75, 3.05) is 12.4 Å². The lowest BCUT2D eigenvalue weighted by Gasteiger charge is -2.05. The van der Waals surface area contributed by atoms with Crippen LogP contribution in [0.5, 0.6) is 0 Å². The standard InChI is InChI=1S/C9H13NO/c1-7(11)8-3-5-9(10-2)6-4-8/h3-7,10-11H,1-2H3/t7-/m1/s1. The Hall–Kier alpha value is -1.02. The molecule has 0 aliphatic carbocycles. The molecular formula is C9H13NO. The van der Waals surface area contributed by atoms with E-state index in [0.717, 1.165) is 11.3 Å². The van der Waals surface area contributed by atoms with Crippen LogP contribution in [-0.4, -0.2) is 12.2 Å². The molecular weight excluding hydrogens is 138 g/mol. The highest BCUT2D eigenvalue weighted by atomic mass is 16.3. The summed E-state index contributed by atoms with van der Waals surface area (Å²) in [6.07, 6.45) is -0.374. The van der Waals surface area contributed by atoms with E-state index in [2.05, 4.69) is 5.32 Å². The van der Waals surface area contributed by atoms with Crippen LogP contribution in [0.2, 0.25) is 0 Å². The summed E-state index contributed by atoms with van der Waals surface area (Å²) in [6, 6.07) is 7.72. The Balaban J connectivity index is 2.83. The minimum Gasteiger partial charge on any atom is -0.389 e. The van der Waals surface area contributed by atoms with Gasteiger partial charge in [0, 0.05) is 12.7 Å². The van der Waals surface area contributed by atoms with Crippen molar-refractivity contribution in [2.45, 2.75) is 13.0 Å². The maximum atomic E-state index is 9.17. The predicted octanol–water partition coefficient (Wildman–Crippen LogP) is 1.78. The minimum absolute atomic E-state index is 0.374. The summed E-state index contributed by atoms with van der Waals surface area (Å²) in [5.74, 6) is 0. The molecule has 2 heteroatoms. The van der Waals surface area contributed by atoms with Crippen LogP contribution in [0.15, 0.2) is 24.3 Å². The van der Waals surface area contributed by atoms with E-state index in [1.165, 1.54) is 0 Å². The molecule has 0 unspecified atom stereocenters. The monoisotopic (exact) mass is 151 g/mol. The van der Waals surface area contributed by atoms with Crippen LogP contribution in [0.1, 0.15) is 18.6 Å². The van der Waals surface area contributed by atoms with Crippen molar-refractivity contribution in [3.63, 3.8) is 0 Å².